The van der Waals surface area contributed by atoms with E-state index in [1.54, 1.807) is 24.3 Å². The van der Waals surface area contributed by atoms with Crippen LogP contribution in [-0.2, 0) is 0 Å². The number of Topliss-reactive ketones (excluding diaryl/α,β-unsaturated/α-hetero) is 2. The molecule has 2 nitrogen and oxygen atoms in total. The van der Waals surface area contributed by atoms with Gasteiger partial charge in [-0.05, 0) is 0 Å². The fourth-order valence-corrected chi connectivity index (χ4v) is 5.91. The summed E-state index contributed by atoms with van der Waals surface area (Å²) in [6, 6.07) is 28.0. The Bertz CT molecular complexity index is 861. The molecule has 0 radical (unpaired) electrons. The van der Waals surface area contributed by atoms with Crippen molar-refractivity contribution in [3.05, 3.63) is 102 Å². The van der Waals surface area contributed by atoms with Crippen LogP contribution in [0.1, 0.15) is 20.7 Å². The number of rotatable bonds is 5. The van der Waals surface area contributed by atoms with Crippen LogP contribution in [-0.4, -0.2) is 29.4 Å². The predicted molar refractivity (Wildman–Crippen MR) is 104 cm³/mol. The number of hydrogen-bond acceptors (Lipinski definition) is 2. The molecule has 1 unspecified atom stereocenters. The minimum atomic E-state index is -1.75. The molecule has 0 saturated carbocycles. The Hall–Kier alpha value is -2.61. The topological polar surface area (TPSA) is 34.1 Å². The van der Waals surface area contributed by atoms with Gasteiger partial charge >= 0.3 is 151 Å². The van der Waals surface area contributed by atoms with Crippen molar-refractivity contribution >= 4 is 33.9 Å². The molecule has 0 bridgehead atoms. The van der Waals surface area contributed by atoms with Crippen LogP contribution in [0.15, 0.2) is 91.0 Å². The van der Waals surface area contributed by atoms with Crippen LogP contribution in [0.2, 0.25) is 5.82 Å². The van der Waals surface area contributed by atoms with Crippen molar-refractivity contribution < 1.29 is 9.59 Å². The Morgan fingerprint density at radius 3 is 1.36 bits per heavy atom. The summed E-state index contributed by atoms with van der Waals surface area (Å²) in [7, 11) is 0. The van der Waals surface area contributed by atoms with Gasteiger partial charge in [0.25, 0.3) is 0 Å². The first-order valence-electron chi connectivity index (χ1n) is 7.96. The normalized spacial score (nSPS) is 11.6. The third-order valence-electron chi connectivity index (χ3n) is 3.89. The van der Waals surface area contributed by atoms with E-state index in [4.69, 9.17) is 0 Å². The van der Waals surface area contributed by atoms with Crippen molar-refractivity contribution in [2.75, 3.05) is 0 Å². The first-order valence-corrected chi connectivity index (χ1v) is 11.4. The van der Waals surface area contributed by atoms with Gasteiger partial charge in [0.1, 0.15) is 0 Å². The van der Waals surface area contributed by atoms with Crippen LogP contribution in [0.5, 0.6) is 0 Å². The number of carbonyl (C=O) groups is 2. The average Bonchev–Trinajstić information content (AvgIpc) is 2.70. The summed E-state index contributed by atoms with van der Waals surface area (Å²) in [5, 5.41) is 0. The number of carbonyl (C=O) groups excluding carboxylic acids is 2. The second-order valence-electron chi connectivity index (χ2n) is 5.54. The van der Waals surface area contributed by atoms with Gasteiger partial charge in [-0.3, -0.25) is 0 Å². The molecule has 0 spiro atoms. The van der Waals surface area contributed by atoms with Crippen LogP contribution in [0.25, 0.3) is 0 Å². The van der Waals surface area contributed by atoms with E-state index in [9.17, 15) is 9.59 Å². The molecular formula is C22H18O2Se. The van der Waals surface area contributed by atoms with E-state index in [1.165, 1.54) is 0 Å². The molecule has 0 amide bonds. The van der Waals surface area contributed by atoms with Gasteiger partial charge in [0.15, 0.2) is 0 Å². The predicted octanol–water partition coefficient (Wildman–Crippen LogP) is 3.54. The van der Waals surface area contributed by atoms with Crippen LogP contribution in [0.3, 0.4) is 0 Å². The molecule has 3 rings (SSSR count). The summed E-state index contributed by atoms with van der Waals surface area (Å²) >= 11 is -1.75. The Labute approximate surface area is 151 Å². The van der Waals surface area contributed by atoms with E-state index in [2.05, 4.69) is 0 Å². The van der Waals surface area contributed by atoms with Gasteiger partial charge in [-0.25, -0.2) is 0 Å². The fourth-order valence-electron chi connectivity index (χ4n) is 2.56. The maximum atomic E-state index is 13.1. The first-order chi connectivity index (χ1) is 12.2. The zero-order valence-electron chi connectivity index (χ0n) is 13.9. The summed E-state index contributed by atoms with van der Waals surface area (Å²) in [5.41, 5.74) is 1.13. The first kappa shape index (κ1) is 17.2. The summed E-state index contributed by atoms with van der Waals surface area (Å²) < 4.78 is 1.50. The summed E-state index contributed by atoms with van der Waals surface area (Å²) in [6.07, 6.45) is 0. The molecule has 0 aliphatic carbocycles. The number of benzene rings is 3. The van der Waals surface area contributed by atoms with Gasteiger partial charge in [-0.2, -0.15) is 0 Å². The van der Waals surface area contributed by atoms with E-state index in [-0.39, 0.29) is 11.6 Å². The van der Waals surface area contributed by atoms with Gasteiger partial charge in [-0.1, -0.05) is 0 Å². The maximum absolute atomic E-state index is 13.1. The molecule has 0 aromatic heterocycles. The van der Waals surface area contributed by atoms with E-state index in [1.807, 2.05) is 72.6 Å². The third kappa shape index (κ3) is 3.90. The fraction of sp³-hybridized carbons (Fsp3) is 0.0455. The SMILES string of the molecule is C[Se](=C(C(=O)c1ccccc1)C(=O)c1ccccc1)c1ccccc1. The Balaban J connectivity index is 2.15. The number of hydrogen-bond donors (Lipinski definition) is 0. The van der Waals surface area contributed by atoms with E-state index >= 15 is 0 Å². The van der Waals surface area contributed by atoms with E-state index in [0.717, 1.165) is 4.46 Å². The molecule has 0 saturated heterocycles. The number of ketones is 2. The molecule has 3 aromatic carbocycles. The van der Waals surface area contributed by atoms with Crippen molar-refractivity contribution in [3.8, 4) is 0 Å². The molecule has 3 heteroatoms. The Morgan fingerprint density at radius 2 is 0.960 bits per heavy atom. The Morgan fingerprint density at radius 1 is 0.600 bits per heavy atom. The van der Waals surface area contributed by atoms with E-state index < -0.39 is 13.5 Å². The minimum absolute atomic E-state index is 0.161. The zero-order valence-corrected chi connectivity index (χ0v) is 15.6. The molecule has 0 heterocycles. The van der Waals surface area contributed by atoms with Crippen LogP contribution in [0, 0.1) is 0 Å². The molecule has 0 aliphatic rings. The molecular weight excluding hydrogens is 375 g/mol. The van der Waals surface area contributed by atoms with Gasteiger partial charge in [0.2, 0.25) is 0 Å². The molecule has 3 aromatic rings. The quantitative estimate of drug-likeness (QED) is 0.378. The van der Waals surface area contributed by atoms with Crippen LogP contribution >= 0.6 is 0 Å². The van der Waals surface area contributed by atoms with E-state index in [0.29, 0.717) is 15.5 Å². The molecule has 124 valence electrons. The van der Waals surface area contributed by atoms with Crippen molar-refractivity contribution in [1.82, 2.24) is 0 Å². The van der Waals surface area contributed by atoms with Gasteiger partial charge < -0.3 is 0 Å². The van der Waals surface area contributed by atoms with Crippen LogP contribution < -0.4 is 4.46 Å². The average molecular weight is 393 g/mol. The van der Waals surface area contributed by atoms with Crippen molar-refractivity contribution in [2.45, 2.75) is 5.82 Å². The molecule has 25 heavy (non-hydrogen) atoms. The molecule has 1 atom stereocenters. The second-order valence-corrected chi connectivity index (χ2v) is 9.53. The van der Waals surface area contributed by atoms with Gasteiger partial charge in [0.05, 0.1) is 0 Å². The zero-order chi connectivity index (χ0) is 17.6. The van der Waals surface area contributed by atoms with Crippen molar-refractivity contribution in [3.63, 3.8) is 0 Å². The standard InChI is InChI=1S/C22H18O2Se/c1-25(19-15-9-4-10-16-19)22(20(23)17-11-5-2-6-12-17)21(24)18-13-7-3-8-14-18/h2-16H,1H3. The molecule has 0 fully saturated rings. The summed E-state index contributed by atoms with van der Waals surface area (Å²) in [5.74, 6) is 1.71. The van der Waals surface area contributed by atoms with Crippen LogP contribution in [0.4, 0.5) is 0 Å². The summed E-state index contributed by atoms with van der Waals surface area (Å²) in [6.45, 7) is 0. The summed E-state index contributed by atoms with van der Waals surface area (Å²) in [4.78, 5) is 26.3. The molecule has 0 N–H and O–H groups in total. The second kappa shape index (κ2) is 7.98. The Kier molecular flexibility index (Phi) is 5.49. The van der Waals surface area contributed by atoms with Gasteiger partial charge in [0, 0.05) is 0 Å². The van der Waals surface area contributed by atoms with Crippen molar-refractivity contribution in [2.24, 2.45) is 0 Å². The van der Waals surface area contributed by atoms with Crippen molar-refractivity contribution in [1.29, 1.82) is 0 Å². The molecule has 0 aliphatic heterocycles. The van der Waals surface area contributed by atoms with Gasteiger partial charge in [-0.15, -0.1) is 0 Å². The third-order valence-corrected chi connectivity index (χ3v) is 8.00. The monoisotopic (exact) mass is 394 g/mol.